The van der Waals surface area contributed by atoms with E-state index < -0.39 is 18.6 Å². The molecule has 1 fully saturated rings. The van der Waals surface area contributed by atoms with Crippen molar-refractivity contribution in [3.05, 3.63) is 59.8 Å². The quantitative estimate of drug-likeness (QED) is 0.328. The molecule has 1 heterocycles. The van der Waals surface area contributed by atoms with Gasteiger partial charge in [-0.25, -0.2) is 4.79 Å². The number of H-pyrrole nitrogens is 1. The minimum Gasteiger partial charge on any atom is -0.507 e. The van der Waals surface area contributed by atoms with Crippen molar-refractivity contribution in [1.82, 2.24) is 10.2 Å². The number of rotatable bonds is 9. The molecule has 1 saturated carbocycles. The van der Waals surface area contributed by atoms with E-state index in [1.165, 1.54) is 19.2 Å². The number of phenolic OH excluding ortho intramolecular Hbond substituents is 1. The standard InChI is InChI=1S/C25H26N4O7/c1-34-18-10-21(31)19(13-30)22(11-18)35-14-24(32)27-23-12-20(28-29-23)15-7-8-17(9-15)36-25(33)26-16-5-3-2-4-6-16/h2-6,10-13,15,17,31H,7-9,14H2,1H3,(H,26,33)(H2,27,28,29,32)/t15-,17+/m0/s1. The summed E-state index contributed by atoms with van der Waals surface area (Å²) in [6, 6.07) is 13.5. The summed E-state index contributed by atoms with van der Waals surface area (Å²) in [5.41, 5.74) is 1.41. The molecule has 11 nitrogen and oxygen atoms in total. The van der Waals surface area contributed by atoms with E-state index in [1.807, 2.05) is 18.2 Å². The van der Waals surface area contributed by atoms with Crippen molar-refractivity contribution in [2.75, 3.05) is 24.4 Å². The van der Waals surface area contributed by atoms with Crippen molar-refractivity contribution >= 4 is 29.8 Å². The van der Waals surface area contributed by atoms with Crippen LogP contribution in [0.4, 0.5) is 16.3 Å². The van der Waals surface area contributed by atoms with Gasteiger partial charge in [-0.2, -0.15) is 5.10 Å². The molecular formula is C25H26N4O7. The number of nitrogens with zero attached hydrogens (tertiary/aromatic N) is 1. The number of carbonyl (C=O) groups is 3. The van der Waals surface area contributed by atoms with E-state index in [9.17, 15) is 19.5 Å². The fourth-order valence-electron chi connectivity index (χ4n) is 4.02. The Bertz CT molecular complexity index is 1230. The number of aromatic amines is 1. The van der Waals surface area contributed by atoms with Crippen molar-refractivity contribution in [1.29, 1.82) is 0 Å². The third-order valence-electron chi connectivity index (χ3n) is 5.79. The largest absolute Gasteiger partial charge is 0.507 e. The molecule has 3 aromatic rings. The number of benzene rings is 2. The predicted molar refractivity (Wildman–Crippen MR) is 130 cm³/mol. The third kappa shape index (κ3) is 6.12. The van der Waals surface area contributed by atoms with Crippen molar-refractivity contribution in [3.8, 4) is 17.2 Å². The van der Waals surface area contributed by atoms with E-state index in [2.05, 4.69) is 20.8 Å². The fourth-order valence-corrected chi connectivity index (χ4v) is 4.02. The van der Waals surface area contributed by atoms with E-state index in [0.717, 1.165) is 12.1 Å². The molecule has 11 heteroatoms. The summed E-state index contributed by atoms with van der Waals surface area (Å²) in [5, 5.41) is 22.3. The van der Waals surface area contributed by atoms with Gasteiger partial charge in [-0.15, -0.1) is 0 Å². The molecule has 1 aliphatic carbocycles. The number of carbonyl (C=O) groups excluding carboxylic acids is 3. The molecule has 1 aliphatic rings. The van der Waals surface area contributed by atoms with Gasteiger partial charge in [0.1, 0.15) is 23.4 Å². The van der Waals surface area contributed by atoms with Crippen LogP contribution in [0.3, 0.4) is 0 Å². The average Bonchev–Trinajstić information content (AvgIpc) is 3.52. The van der Waals surface area contributed by atoms with Crippen LogP contribution in [0.15, 0.2) is 48.5 Å². The Morgan fingerprint density at radius 2 is 1.97 bits per heavy atom. The topological polar surface area (TPSA) is 152 Å². The first kappa shape index (κ1) is 24.6. The number of aromatic hydroxyl groups is 1. The fraction of sp³-hybridized carbons (Fsp3) is 0.280. The Kier molecular flexibility index (Phi) is 7.69. The molecule has 4 rings (SSSR count). The molecule has 188 valence electrons. The normalized spacial score (nSPS) is 16.7. The molecule has 0 saturated heterocycles. The average molecular weight is 495 g/mol. The van der Waals surface area contributed by atoms with Crippen LogP contribution in [0.5, 0.6) is 17.2 Å². The summed E-state index contributed by atoms with van der Waals surface area (Å²) in [6.45, 7) is -0.411. The van der Waals surface area contributed by atoms with Gasteiger partial charge in [0.2, 0.25) is 0 Å². The second-order valence-corrected chi connectivity index (χ2v) is 8.25. The van der Waals surface area contributed by atoms with Crippen LogP contribution < -0.4 is 20.1 Å². The van der Waals surface area contributed by atoms with Crippen molar-refractivity contribution < 1.29 is 33.7 Å². The van der Waals surface area contributed by atoms with Crippen LogP contribution in [0.2, 0.25) is 0 Å². The number of hydrogen-bond donors (Lipinski definition) is 4. The highest BCUT2D eigenvalue weighted by atomic mass is 16.6. The van der Waals surface area contributed by atoms with E-state index in [1.54, 1.807) is 18.2 Å². The second kappa shape index (κ2) is 11.3. The van der Waals surface area contributed by atoms with Gasteiger partial charge in [-0.3, -0.25) is 20.0 Å². The van der Waals surface area contributed by atoms with E-state index in [-0.39, 0.29) is 34.8 Å². The van der Waals surface area contributed by atoms with Crippen LogP contribution in [0.25, 0.3) is 0 Å². The highest BCUT2D eigenvalue weighted by molar-refractivity contribution is 5.91. The number of anilines is 2. The molecule has 0 bridgehead atoms. The molecule has 0 spiro atoms. The van der Waals surface area contributed by atoms with Crippen LogP contribution in [0, 0.1) is 0 Å². The van der Waals surface area contributed by atoms with Gasteiger partial charge < -0.3 is 24.6 Å². The lowest BCUT2D eigenvalue weighted by molar-refractivity contribution is -0.118. The Morgan fingerprint density at radius 1 is 1.17 bits per heavy atom. The minimum atomic E-state index is -0.502. The Balaban J connectivity index is 1.27. The lowest BCUT2D eigenvalue weighted by Gasteiger charge is -2.13. The molecule has 0 radical (unpaired) electrons. The van der Waals surface area contributed by atoms with Crippen LogP contribution in [0.1, 0.15) is 41.2 Å². The third-order valence-corrected chi connectivity index (χ3v) is 5.79. The number of aromatic nitrogens is 2. The van der Waals surface area contributed by atoms with Crippen LogP contribution >= 0.6 is 0 Å². The molecule has 2 aromatic carbocycles. The first-order valence-electron chi connectivity index (χ1n) is 11.3. The smallest absolute Gasteiger partial charge is 0.411 e. The van der Waals surface area contributed by atoms with Gasteiger partial charge in [0, 0.05) is 35.5 Å². The maximum Gasteiger partial charge on any atom is 0.411 e. The molecule has 0 unspecified atom stereocenters. The van der Waals surface area contributed by atoms with Crippen molar-refractivity contribution in [2.45, 2.75) is 31.3 Å². The molecule has 4 N–H and O–H groups in total. The van der Waals surface area contributed by atoms with Gasteiger partial charge in [0.25, 0.3) is 5.91 Å². The number of methoxy groups -OCH3 is 1. The highest BCUT2D eigenvalue weighted by Gasteiger charge is 2.30. The summed E-state index contributed by atoms with van der Waals surface area (Å²) in [4.78, 5) is 35.7. The SMILES string of the molecule is COc1cc(O)c(C=O)c(OCC(=O)Nc2cc([C@H]3CC[C@@H](OC(=O)Nc4ccccc4)C3)[nH]n2)c1. The Labute approximate surface area is 206 Å². The van der Waals surface area contributed by atoms with Crippen LogP contribution in [-0.4, -0.2) is 53.4 Å². The first-order chi connectivity index (χ1) is 17.4. The molecule has 36 heavy (non-hydrogen) atoms. The van der Waals surface area contributed by atoms with Gasteiger partial charge in [0.15, 0.2) is 18.7 Å². The van der Waals surface area contributed by atoms with E-state index in [4.69, 9.17) is 14.2 Å². The monoisotopic (exact) mass is 494 g/mol. The summed E-state index contributed by atoms with van der Waals surface area (Å²) < 4.78 is 16.0. The Morgan fingerprint density at radius 3 is 2.72 bits per heavy atom. The lowest BCUT2D eigenvalue weighted by Crippen LogP contribution is -2.20. The van der Waals surface area contributed by atoms with E-state index >= 15 is 0 Å². The highest BCUT2D eigenvalue weighted by Crippen LogP contribution is 2.36. The van der Waals surface area contributed by atoms with Crippen molar-refractivity contribution in [2.24, 2.45) is 0 Å². The summed E-state index contributed by atoms with van der Waals surface area (Å²) in [7, 11) is 1.40. The molecule has 1 aromatic heterocycles. The van der Waals surface area contributed by atoms with Gasteiger partial charge in [-0.1, -0.05) is 18.2 Å². The zero-order valence-corrected chi connectivity index (χ0v) is 19.5. The molecule has 0 aliphatic heterocycles. The minimum absolute atomic E-state index is 0.0213. The van der Waals surface area contributed by atoms with E-state index in [0.29, 0.717) is 30.6 Å². The maximum absolute atomic E-state index is 12.3. The maximum atomic E-state index is 12.3. The zero-order chi connectivity index (χ0) is 25.5. The van der Waals surface area contributed by atoms with Crippen LogP contribution in [-0.2, 0) is 9.53 Å². The first-order valence-corrected chi connectivity index (χ1v) is 11.3. The molecule has 2 atom stereocenters. The molecular weight excluding hydrogens is 468 g/mol. The lowest BCUT2D eigenvalue weighted by atomic mass is 10.0. The number of aldehydes is 1. The van der Waals surface area contributed by atoms with Gasteiger partial charge >= 0.3 is 6.09 Å². The summed E-state index contributed by atoms with van der Waals surface area (Å²) >= 11 is 0. The number of phenols is 1. The molecule has 2 amide bonds. The zero-order valence-electron chi connectivity index (χ0n) is 19.5. The second-order valence-electron chi connectivity index (χ2n) is 8.25. The predicted octanol–water partition coefficient (Wildman–Crippen LogP) is 3.84. The number of ether oxygens (including phenoxy) is 3. The number of amides is 2. The summed E-state index contributed by atoms with van der Waals surface area (Å²) in [5.74, 6) is -0.0990. The van der Waals surface area contributed by atoms with Gasteiger partial charge in [-0.05, 0) is 31.4 Å². The van der Waals surface area contributed by atoms with Gasteiger partial charge in [0.05, 0.1) is 12.7 Å². The summed E-state index contributed by atoms with van der Waals surface area (Å²) in [6.07, 6.45) is 1.87. The number of hydrogen-bond acceptors (Lipinski definition) is 8. The number of nitrogens with one attached hydrogen (secondary N) is 3. The number of para-hydroxylation sites is 1. The van der Waals surface area contributed by atoms with Crippen molar-refractivity contribution in [3.63, 3.8) is 0 Å². The Hall–Kier alpha value is -4.54.